The number of halogens is 1. The van der Waals surface area contributed by atoms with Crippen molar-refractivity contribution in [1.29, 1.82) is 0 Å². The number of hydrogen-bond acceptors (Lipinski definition) is 2. The average Bonchev–Trinajstić information content (AvgIpc) is 2.25. The smallest absolute Gasteiger partial charge is 0.257 e. The fraction of sp³-hybridized carbons (Fsp3) is 0.417. The van der Waals surface area contributed by atoms with Crippen molar-refractivity contribution in [2.45, 2.75) is 20.3 Å². The molecule has 1 N–H and O–H groups in total. The highest BCUT2D eigenvalue weighted by Gasteiger charge is 2.16. The second-order valence-corrected chi connectivity index (χ2v) is 4.46. The fourth-order valence-corrected chi connectivity index (χ4v) is 1.88. The predicted octanol–water partition coefficient (Wildman–Crippen LogP) is 3.03. The van der Waals surface area contributed by atoms with E-state index in [0.717, 1.165) is 10.9 Å². The van der Waals surface area contributed by atoms with E-state index >= 15 is 0 Å². The zero-order valence-electron chi connectivity index (χ0n) is 9.53. The molecular weight excluding hydrogens is 270 g/mol. The normalized spacial score (nSPS) is 10.2. The Morgan fingerprint density at radius 2 is 2.12 bits per heavy atom. The van der Waals surface area contributed by atoms with E-state index in [1.165, 1.54) is 6.07 Å². The molecule has 0 unspecified atom stereocenters. The van der Waals surface area contributed by atoms with Crippen molar-refractivity contribution in [3.63, 3.8) is 0 Å². The molecule has 0 saturated carbocycles. The van der Waals surface area contributed by atoms with Crippen LogP contribution in [-0.2, 0) is 0 Å². The summed E-state index contributed by atoms with van der Waals surface area (Å²) in [4.78, 5) is 13.8. The van der Waals surface area contributed by atoms with Crippen molar-refractivity contribution in [1.82, 2.24) is 4.90 Å². The molecule has 0 atom stereocenters. The maximum absolute atomic E-state index is 12.0. The second kappa shape index (κ2) is 5.89. The molecule has 1 rings (SSSR count). The Labute approximate surface area is 104 Å². The third kappa shape index (κ3) is 2.98. The van der Waals surface area contributed by atoms with Crippen LogP contribution in [0, 0.1) is 0 Å². The van der Waals surface area contributed by atoms with Gasteiger partial charge in [0.25, 0.3) is 5.91 Å². The number of hydrogen-bond donors (Lipinski definition) is 1. The highest BCUT2D eigenvalue weighted by atomic mass is 79.9. The van der Waals surface area contributed by atoms with Gasteiger partial charge in [0.05, 0.1) is 5.56 Å². The number of nitrogens with zero attached hydrogens (tertiary/aromatic N) is 1. The summed E-state index contributed by atoms with van der Waals surface area (Å²) in [5.74, 6) is -0.0942. The number of phenols is 1. The zero-order valence-corrected chi connectivity index (χ0v) is 11.1. The molecule has 3 nitrogen and oxygen atoms in total. The first-order chi connectivity index (χ1) is 7.60. The van der Waals surface area contributed by atoms with Crippen LogP contribution in [0.5, 0.6) is 5.75 Å². The van der Waals surface area contributed by atoms with E-state index in [2.05, 4.69) is 15.9 Å². The van der Waals surface area contributed by atoms with Gasteiger partial charge < -0.3 is 10.0 Å². The molecule has 1 amide bonds. The Hall–Kier alpha value is -1.03. The molecule has 16 heavy (non-hydrogen) atoms. The average molecular weight is 286 g/mol. The molecular formula is C12H16BrNO2. The third-order valence-electron chi connectivity index (χ3n) is 2.35. The van der Waals surface area contributed by atoms with Gasteiger partial charge in [0.15, 0.2) is 0 Å². The van der Waals surface area contributed by atoms with Gasteiger partial charge in [0.1, 0.15) is 5.75 Å². The van der Waals surface area contributed by atoms with Gasteiger partial charge in [-0.05, 0) is 31.5 Å². The predicted molar refractivity (Wildman–Crippen MR) is 67.7 cm³/mol. The highest BCUT2D eigenvalue weighted by molar-refractivity contribution is 9.10. The van der Waals surface area contributed by atoms with Crippen molar-refractivity contribution in [3.05, 3.63) is 28.2 Å². The van der Waals surface area contributed by atoms with Crippen molar-refractivity contribution in [2.75, 3.05) is 13.1 Å². The van der Waals surface area contributed by atoms with E-state index in [0.29, 0.717) is 18.7 Å². The minimum absolute atomic E-state index is 0.0222. The van der Waals surface area contributed by atoms with Crippen LogP contribution in [0.1, 0.15) is 30.6 Å². The Morgan fingerprint density at radius 1 is 1.44 bits per heavy atom. The Balaban J connectivity index is 2.94. The van der Waals surface area contributed by atoms with E-state index < -0.39 is 0 Å². The van der Waals surface area contributed by atoms with Crippen molar-refractivity contribution in [3.8, 4) is 5.75 Å². The number of carbonyl (C=O) groups is 1. The largest absolute Gasteiger partial charge is 0.507 e. The fourth-order valence-electron chi connectivity index (χ4n) is 1.53. The van der Waals surface area contributed by atoms with Crippen LogP contribution in [0.15, 0.2) is 22.7 Å². The molecule has 0 saturated heterocycles. The van der Waals surface area contributed by atoms with Gasteiger partial charge in [-0.1, -0.05) is 22.9 Å². The number of phenolic OH excluding ortho intramolecular Hbond substituents is 1. The molecule has 0 aliphatic rings. The van der Waals surface area contributed by atoms with Gasteiger partial charge in [-0.3, -0.25) is 4.79 Å². The van der Waals surface area contributed by atoms with Crippen LogP contribution >= 0.6 is 15.9 Å². The maximum atomic E-state index is 12.0. The van der Waals surface area contributed by atoms with Gasteiger partial charge in [0.2, 0.25) is 0 Å². The van der Waals surface area contributed by atoms with E-state index in [-0.39, 0.29) is 11.7 Å². The number of carbonyl (C=O) groups excluding carboxylic acids is 1. The summed E-state index contributed by atoms with van der Waals surface area (Å²) < 4.78 is 0.764. The van der Waals surface area contributed by atoms with E-state index in [1.54, 1.807) is 17.0 Å². The minimum atomic E-state index is -0.116. The molecule has 0 bridgehead atoms. The van der Waals surface area contributed by atoms with Gasteiger partial charge in [-0.15, -0.1) is 0 Å². The number of benzene rings is 1. The third-order valence-corrected chi connectivity index (χ3v) is 2.85. The zero-order chi connectivity index (χ0) is 12.1. The quantitative estimate of drug-likeness (QED) is 0.924. The molecule has 0 aromatic heterocycles. The summed E-state index contributed by atoms with van der Waals surface area (Å²) in [6.07, 6.45) is 0.914. The summed E-state index contributed by atoms with van der Waals surface area (Å²) in [6, 6.07) is 4.93. The van der Waals surface area contributed by atoms with E-state index in [4.69, 9.17) is 0 Å². The van der Waals surface area contributed by atoms with Gasteiger partial charge in [-0.2, -0.15) is 0 Å². The molecule has 1 aromatic carbocycles. The Bertz CT molecular complexity index is 379. The van der Waals surface area contributed by atoms with Crippen LogP contribution in [0.2, 0.25) is 0 Å². The minimum Gasteiger partial charge on any atom is -0.507 e. The lowest BCUT2D eigenvalue weighted by Gasteiger charge is -2.20. The number of rotatable bonds is 4. The maximum Gasteiger partial charge on any atom is 0.257 e. The molecule has 0 fully saturated rings. The molecule has 0 heterocycles. The molecule has 0 spiro atoms. The van der Waals surface area contributed by atoms with Gasteiger partial charge in [-0.25, -0.2) is 0 Å². The molecule has 88 valence electrons. The molecule has 0 aliphatic heterocycles. The number of aromatic hydroxyl groups is 1. The lowest BCUT2D eigenvalue weighted by atomic mass is 10.1. The SMILES string of the molecule is CCCN(CC)C(=O)c1ccc(Br)cc1O. The lowest BCUT2D eigenvalue weighted by Crippen LogP contribution is -2.31. The Kier molecular flexibility index (Phi) is 4.80. The summed E-state index contributed by atoms with van der Waals surface area (Å²) >= 11 is 3.25. The van der Waals surface area contributed by atoms with Crippen LogP contribution in [0.25, 0.3) is 0 Å². The van der Waals surface area contributed by atoms with Crippen LogP contribution < -0.4 is 0 Å². The van der Waals surface area contributed by atoms with E-state index in [1.807, 2.05) is 13.8 Å². The lowest BCUT2D eigenvalue weighted by molar-refractivity contribution is 0.0761. The topological polar surface area (TPSA) is 40.5 Å². The van der Waals surface area contributed by atoms with Gasteiger partial charge >= 0.3 is 0 Å². The van der Waals surface area contributed by atoms with Crippen molar-refractivity contribution < 1.29 is 9.90 Å². The van der Waals surface area contributed by atoms with Crippen LogP contribution in [0.4, 0.5) is 0 Å². The van der Waals surface area contributed by atoms with Gasteiger partial charge in [0, 0.05) is 17.6 Å². The van der Waals surface area contributed by atoms with Crippen LogP contribution in [0.3, 0.4) is 0 Å². The first kappa shape index (κ1) is 13.0. The van der Waals surface area contributed by atoms with Crippen molar-refractivity contribution >= 4 is 21.8 Å². The number of amides is 1. The summed E-state index contributed by atoms with van der Waals surface area (Å²) in [7, 11) is 0. The first-order valence-electron chi connectivity index (χ1n) is 5.38. The summed E-state index contributed by atoms with van der Waals surface area (Å²) in [5.41, 5.74) is 0.360. The Morgan fingerprint density at radius 3 is 2.62 bits per heavy atom. The molecule has 1 aromatic rings. The molecule has 4 heteroatoms. The molecule has 0 radical (unpaired) electrons. The van der Waals surface area contributed by atoms with Crippen molar-refractivity contribution in [2.24, 2.45) is 0 Å². The standard InChI is InChI=1S/C12H16BrNO2/c1-3-7-14(4-2)12(16)10-6-5-9(13)8-11(10)15/h5-6,8,15H,3-4,7H2,1-2H3. The molecule has 0 aliphatic carbocycles. The monoisotopic (exact) mass is 285 g/mol. The first-order valence-corrected chi connectivity index (χ1v) is 6.17. The highest BCUT2D eigenvalue weighted by Crippen LogP contribution is 2.23. The summed E-state index contributed by atoms with van der Waals surface area (Å²) in [6.45, 7) is 5.33. The van der Waals surface area contributed by atoms with Crippen LogP contribution in [-0.4, -0.2) is 29.0 Å². The summed E-state index contributed by atoms with van der Waals surface area (Å²) in [5, 5.41) is 9.70. The van der Waals surface area contributed by atoms with E-state index in [9.17, 15) is 9.90 Å². The second-order valence-electron chi connectivity index (χ2n) is 3.55.